The number of amides is 2. The van der Waals surface area contributed by atoms with Gasteiger partial charge in [-0.15, -0.1) is 0 Å². The molecule has 28 heavy (non-hydrogen) atoms. The standard InChI is InChI=1S/C21H22N2O5/c1-28-17-9-7-16(8-10-17)23-13-15(12-19(23)24)20(25)22-18(21(26)27)11-14-5-3-2-4-6-14/h2-10,15,18H,11-13H2,1H3,(H,22,25)(H,26,27)/t15?,18-/m0/s1. The first-order valence-electron chi connectivity index (χ1n) is 8.99. The number of carbonyl (C=O) groups excluding carboxylic acids is 2. The van der Waals surface area contributed by atoms with E-state index in [4.69, 9.17) is 4.74 Å². The summed E-state index contributed by atoms with van der Waals surface area (Å²) in [5, 5.41) is 12.0. The average Bonchev–Trinajstić information content (AvgIpc) is 3.10. The molecule has 2 aromatic carbocycles. The Labute approximate surface area is 162 Å². The molecule has 1 saturated heterocycles. The van der Waals surface area contributed by atoms with Crippen molar-refractivity contribution in [3.05, 3.63) is 60.2 Å². The molecule has 1 fully saturated rings. The second-order valence-corrected chi connectivity index (χ2v) is 6.69. The zero-order valence-corrected chi connectivity index (χ0v) is 15.5. The Morgan fingerprint density at radius 1 is 1.18 bits per heavy atom. The molecule has 0 radical (unpaired) electrons. The van der Waals surface area contributed by atoms with Crippen LogP contribution in [-0.2, 0) is 20.8 Å². The third-order valence-electron chi connectivity index (χ3n) is 4.78. The number of aliphatic carboxylic acids is 1. The minimum absolute atomic E-state index is 0.0511. The summed E-state index contributed by atoms with van der Waals surface area (Å²) in [7, 11) is 1.56. The number of carboxylic acid groups (broad SMARTS) is 1. The number of anilines is 1. The number of ether oxygens (including phenoxy) is 1. The van der Waals surface area contributed by atoms with Crippen molar-refractivity contribution < 1.29 is 24.2 Å². The van der Waals surface area contributed by atoms with Gasteiger partial charge >= 0.3 is 5.97 Å². The highest BCUT2D eigenvalue weighted by molar-refractivity contribution is 6.00. The van der Waals surface area contributed by atoms with Gasteiger partial charge in [-0.1, -0.05) is 30.3 Å². The molecule has 3 rings (SSSR count). The fraction of sp³-hybridized carbons (Fsp3) is 0.286. The number of methoxy groups -OCH3 is 1. The molecule has 1 aliphatic rings. The Balaban J connectivity index is 1.64. The molecule has 0 spiro atoms. The second-order valence-electron chi connectivity index (χ2n) is 6.69. The predicted molar refractivity (Wildman–Crippen MR) is 103 cm³/mol. The number of benzene rings is 2. The minimum atomic E-state index is -1.10. The van der Waals surface area contributed by atoms with Gasteiger partial charge in [0.1, 0.15) is 11.8 Å². The maximum absolute atomic E-state index is 12.6. The van der Waals surface area contributed by atoms with Crippen molar-refractivity contribution in [2.45, 2.75) is 18.9 Å². The van der Waals surface area contributed by atoms with Gasteiger partial charge < -0.3 is 20.1 Å². The van der Waals surface area contributed by atoms with E-state index in [0.717, 1.165) is 5.56 Å². The molecule has 1 heterocycles. The zero-order chi connectivity index (χ0) is 20.1. The predicted octanol–water partition coefficient (Wildman–Crippen LogP) is 1.86. The molecular formula is C21H22N2O5. The number of hydrogen-bond donors (Lipinski definition) is 2. The summed E-state index contributed by atoms with van der Waals surface area (Å²) in [6.07, 6.45) is 0.236. The molecule has 2 aromatic rings. The van der Waals surface area contributed by atoms with Crippen LogP contribution in [0.3, 0.4) is 0 Å². The van der Waals surface area contributed by atoms with Gasteiger partial charge in [0.15, 0.2) is 0 Å². The molecule has 0 bridgehead atoms. The van der Waals surface area contributed by atoms with Crippen LogP contribution in [0.15, 0.2) is 54.6 Å². The van der Waals surface area contributed by atoms with Gasteiger partial charge in [0.2, 0.25) is 11.8 Å². The summed E-state index contributed by atoms with van der Waals surface area (Å²) in [6, 6.07) is 15.1. The van der Waals surface area contributed by atoms with E-state index in [1.807, 2.05) is 30.3 Å². The number of rotatable bonds is 7. The van der Waals surface area contributed by atoms with E-state index in [1.54, 1.807) is 31.4 Å². The van der Waals surface area contributed by atoms with Crippen molar-refractivity contribution in [1.29, 1.82) is 0 Å². The number of nitrogens with zero attached hydrogens (tertiary/aromatic N) is 1. The Hall–Kier alpha value is -3.35. The summed E-state index contributed by atoms with van der Waals surface area (Å²) in [6.45, 7) is 0.217. The van der Waals surface area contributed by atoms with Crippen LogP contribution in [0, 0.1) is 5.92 Å². The van der Waals surface area contributed by atoms with Crippen LogP contribution in [0.4, 0.5) is 5.69 Å². The van der Waals surface area contributed by atoms with Crippen LogP contribution in [0.25, 0.3) is 0 Å². The smallest absolute Gasteiger partial charge is 0.326 e. The number of nitrogens with one attached hydrogen (secondary N) is 1. The van der Waals surface area contributed by atoms with Crippen LogP contribution in [0.2, 0.25) is 0 Å². The van der Waals surface area contributed by atoms with Gasteiger partial charge in [-0.3, -0.25) is 9.59 Å². The first kappa shape index (κ1) is 19.4. The topological polar surface area (TPSA) is 95.9 Å². The van der Waals surface area contributed by atoms with Gasteiger partial charge in [-0.05, 0) is 29.8 Å². The Kier molecular flexibility index (Phi) is 5.93. The third-order valence-corrected chi connectivity index (χ3v) is 4.78. The quantitative estimate of drug-likeness (QED) is 0.762. The number of carbonyl (C=O) groups is 3. The van der Waals surface area contributed by atoms with E-state index >= 15 is 0 Å². The molecule has 0 aromatic heterocycles. The monoisotopic (exact) mass is 382 g/mol. The molecular weight excluding hydrogens is 360 g/mol. The van der Waals surface area contributed by atoms with Crippen LogP contribution in [-0.4, -0.2) is 42.6 Å². The van der Waals surface area contributed by atoms with Crippen molar-refractivity contribution in [2.24, 2.45) is 5.92 Å². The van der Waals surface area contributed by atoms with E-state index in [0.29, 0.717) is 11.4 Å². The summed E-state index contributed by atoms with van der Waals surface area (Å²) in [4.78, 5) is 38.1. The van der Waals surface area contributed by atoms with E-state index < -0.39 is 23.8 Å². The molecule has 0 saturated carbocycles. The van der Waals surface area contributed by atoms with E-state index in [1.165, 1.54) is 4.90 Å². The number of hydrogen-bond acceptors (Lipinski definition) is 4. The first-order chi connectivity index (χ1) is 13.5. The highest BCUT2D eigenvalue weighted by Crippen LogP contribution is 2.27. The normalized spacial score (nSPS) is 17.2. The molecule has 1 aliphatic heterocycles. The SMILES string of the molecule is COc1ccc(N2CC(C(=O)N[C@@H](Cc3ccccc3)C(=O)O)CC2=O)cc1. The van der Waals surface area contributed by atoms with Gasteiger partial charge in [0, 0.05) is 25.1 Å². The largest absolute Gasteiger partial charge is 0.497 e. The lowest BCUT2D eigenvalue weighted by Gasteiger charge is -2.19. The van der Waals surface area contributed by atoms with Crippen molar-refractivity contribution >= 4 is 23.5 Å². The van der Waals surface area contributed by atoms with Gasteiger partial charge in [0.05, 0.1) is 13.0 Å². The summed E-state index contributed by atoms with van der Waals surface area (Å²) in [5.74, 6) is -1.61. The minimum Gasteiger partial charge on any atom is -0.497 e. The molecule has 7 heteroatoms. The van der Waals surface area contributed by atoms with Crippen molar-refractivity contribution in [3.8, 4) is 5.75 Å². The molecule has 1 unspecified atom stereocenters. The Morgan fingerprint density at radius 3 is 2.46 bits per heavy atom. The van der Waals surface area contributed by atoms with Crippen LogP contribution in [0.1, 0.15) is 12.0 Å². The molecule has 2 atom stereocenters. The van der Waals surface area contributed by atoms with Gasteiger partial charge in [0.25, 0.3) is 0 Å². The fourth-order valence-corrected chi connectivity index (χ4v) is 3.23. The molecule has 0 aliphatic carbocycles. The summed E-state index contributed by atoms with van der Waals surface area (Å²) >= 11 is 0. The molecule has 2 amide bonds. The van der Waals surface area contributed by atoms with Gasteiger partial charge in [-0.2, -0.15) is 0 Å². The van der Waals surface area contributed by atoms with Crippen LogP contribution in [0.5, 0.6) is 5.75 Å². The van der Waals surface area contributed by atoms with E-state index in [9.17, 15) is 19.5 Å². The van der Waals surface area contributed by atoms with E-state index in [-0.39, 0.29) is 25.3 Å². The first-order valence-corrected chi connectivity index (χ1v) is 8.99. The average molecular weight is 382 g/mol. The van der Waals surface area contributed by atoms with Crippen LogP contribution < -0.4 is 15.0 Å². The van der Waals surface area contributed by atoms with Crippen molar-refractivity contribution in [3.63, 3.8) is 0 Å². The highest BCUT2D eigenvalue weighted by atomic mass is 16.5. The summed E-state index contributed by atoms with van der Waals surface area (Å²) < 4.78 is 5.11. The molecule has 146 valence electrons. The highest BCUT2D eigenvalue weighted by Gasteiger charge is 2.36. The lowest BCUT2D eigenvalue weighted by Crippen LogP contribution is -2.45. The van der Waals surface area contributed by atoms with Crippen molar-refractivity contribution in [1.82, 2.24) is 5.32 Å². The molecule has 7 nitrogen and oxygen atoms in total. The molecule has 2 N–H and O–H groups in total. The lowest BCUT2D eigenvalue weighted by molar-refractivity contribution is -0.142. The maximum atomic E-state index is 12.6. The van der Waals surface area contributed by atoms with Crippen LogP contribution >= 0.6 is 0 Å². The van der Waals surface area contributed by atoms with E-state index in [2.05, 4.69) is 5.32 Å². The summed E-state index contributed by atoms with van der Waals surface area (Å²) in [5.41, 5.74) is 1.50. The Morgan fingerprint density at radius 2 is 1.86 bits per heavy atom. The third kappa shape index (κ3) is 4.49. The van der Waals surface area contributed by atoms with Crippen molar-refractivity contribution in [2.75, 3.05) is 18.6 Å². The maximum Gasteiger partial charge on any atom is 0.326 e. The zero-order valence-electron chi connectivity index (χ0n) is 15.5. The lowest BCUT2D eigenvalue weighted by atomic mass is 10.0. The van der Waals surface area contributed by atoms with Gasteiger partial charge in [-0.25, -0.2) is 4.79 Å². The Bertz CT molecular complexity index is 851. The second kappa shape index (κ2) is 8.56. The fourth-order valence-electron chi connectivity index (χ4n) is 3.23. The number of carboxylic acids is 1.